The maximum atomic E-state index is 9.50. The summed E-state index contributed by atoms with van der Waals surface area (Å²) >= 11 is 0. The molecule has 1 N–H and O–H groups in total. The Labute approximate surface area is 83.6 Å². The Kier molecular flexibility index (Phi) is 3.54. The van der Waals surface area contributed by atoms with Gasteiger partial charge < -0.3 is 14.6 Å². The summed E-state index contributed by atoms with van der Waals surface area (Å²) in [6, 6.07) is 5.25. The second-order valence-corrected chi connectivity index (χ2v) is 2.79. The van der Waals surface area contributed by atoms with Crippen molar-refractivity contribution in [3.05, 3.63) is 36.4 Å². The smallest absolute Gasteiger partial charge is 0.161 e. The molecule has 0 saturated carbocycles. The molecule has 3 heteroatoms. The van der Waals surface area contributed by atoms with E-state index in [0.717, 1.165) is 5.56 Å². The Morgan fingerprint density at radius 1 is 1.29 bits per heavy atom. The van der Waals surface area contributed by atoms with Crippen molar-refractivity contribution >= 4 is 0 Å². The van der Waals surface area contributed by atoms with E-state index in [9.17, 15) is 5.11 Å². The first kappa shape index (κ1) is 10.6. The average Bonchev–Trinajstić information content (AvgIpc) is 2.26. The van der Waals surface area contributed by atoms with E-state index in [-0.39, 0.29) is 0 Å². The summed E-state index contributed by atoms with van der Waals surface area (Å²) in [4.78, 5) is 0. The van der Waals surface area contributed by atoms with Crippen LogP contribution < -0.4 is 9.47 Å². The van der Waals surface area contributed by atoms with Gasteiger partial charge in [0.2, 0.25) is 0 Å². The molecule has 1 aromatic carbocycles. The van der Waals surface area contributed by atoms with Gasteiger partial charge in [-0.15, -0.1) is 6.58 Å². The highest BCUT2D eigenvalue weighted by Gasteiger charge is 2.08. The summed E-state index contributed by atoms with van der Waals surface area (Å²) in [6.45, 7) is 3.51. The molecule has 0 bridgehead atoms. The van der Waals surface area contributed by atoms with Crippen LogP contribution in [0.3, 0.4) is 0 Å². The van der Waals surface area contributed by atoms with Gasteiger partial charge in [-0.3, -0.25) is 0 Å². The van der Waals surface area contributed by atoms with Gasteiger partial charge in [0, 0.05) is 0 Å². The molecule has 0 saturated heterocycles. The SMILES string of the molecule is C=C[C@@H](O)c1ccc(OC)c(OC)c1. The normalized spacial score (nSPS) is 11.9. The van der Waals surface area contributed by atoms with E-state index in [0.29, 0.717) is 11.5 Å². The molecule has 76 valence electrons. The van der Waals surface area contributed by atoms with Crippen LogP contribution in [-0.2, 0) is 0 Å². The van der Waals surface area contributed by atoms with E-state index in [1.165, 1.54) is 6.08 Å². The van der Waals surface area contributed by atoms with Crippen molar-refractivity contribution in [2.75, 3.05) is 14.2 Å². The molecule has 3 nitrogen and oxygen atoms in total. The predicted octanol–water partition coefficient (Wildman–Crippen LogP) is 1.92. The third-order valence-corrected chi connectivity index (χ3v) is 1.97. The van der Waals surface area contributed by atoms with Crippen molar-refractivity contribution in [2.45, 2.75) is 6.10 Å². The molecule has 0 radical (unpaired) electrons. The Morgan fingerprint density at radius 3 is 2.43 bits per heavy atom. The first-order valence-corrected chi connectivity index (χ1v) is 4.25. The number of aliphatic hydroxyl groups is 1. The first-order chi connectivity index (χ1) is 6.72. The lowest BCUT2D eigenvalue weighted by Gasteiger charge is -2.11. The molecule has 1 aromatic rings. The zero-order valence-electron chi connectivity index (χ0n) is 8.36. The van der Waals surface area contributed by atoms with Gasteiger partial charge in [-0.2, -0.15) is 0 Å². The first-order valence-electron chi connectivity index (χ1n) is 4.25. The molecule has 0 spiro atoms. The van der Waals surface area contributed by atoms with E-state index < -0.39 is 6.10 Å². The number of benzene rings is 1. The molecule has 1 atom stereocenters. The number of hydrogen-bond donors (Lipinski definition) is 1. The van der Waals surface area contributed by atoms with Crippen LogP contribution in [0.1, 0.15) is 11.7 Å². The van der Waals surface area contributed by atoms with Gasteiger partial charge in [0.05, 0.1) is 20.3 Å². The second kappa shape index (κ2) is 4.67. The molecule has 0 aromatic heterocycles. The molecule has 0 fully saturated rings. The summed E-state index contributed by atoms with van der Waals surface area (Å²) in [5.41, 5.74) is 0.734. The third-order valence-electron chi connectivity index (χ3n) is 1.97. The highest BCUT2D eigenvalue weighted by atomic mass is 16.5. The maximum absolute atomic E-state index is 9.50. The zero-order chi connectivity index (χ0) is 10.6. The fourth-order valence-corrected chi connectivity index (χ4v) is 1.17. The lowest BCUT2D eigenvalue weighted by atomic mass is 10.1. The van der Waals surface area contributed by atoms with E-state index in [1.54, 1.807) is 32.4 Å². The summed E-state index contributed by atoms with van der Waals surface area (Å²) in [5.74, 6) is 1.25. The summed E-state index contributed by atoms with van der Waals surface area (Å²) in [6.07, 6.45) is 0.788. The number of aliphatic hydroxyl groups excluding tert-OH is 1. The quantitative estimate of drug-likeness (QED) is 0.744. The molecule has 0 unspecified atom stereocenters. The van der Waals surface area contributed by atoms with Gasteiger partial charge in [-0.1, -0.05) is 12.1 Å². The summed E-state index contributed by atoms with van der Waals surface area (Å²) in [5, 5.41) is 9.50. The molecule has 0 amide bonds. The van der Waals surface area contributed by atoms with Crippen molar-refractivity contribution < 1.29 is 14.6 Å². The summed E-state index contributed by atoms with van der Waals surface area (Å²) in [7, 11) is 3.13. The molecule has 0 heterocycles. The lowest BCUT2D eigenvalue weighted by Crippen LogP contribution is -1.96. The van der Waals surface area contributed by atoms with Crippen LogP contribution in [0.2, 0.25) is 0 Å². The number of hydrogen-bond acceptors (Lipinski definition) is 3. The van der Waals surface area contributed by atoms with Gasteiger partial charge in [0.1, 0.15) is 0 Å². The van der Waals surface area contributed by atoms with Crippen LogP contribution in [0.25, 0.3) is 0 Å². The van der Waals surface area contributed by atoms with Gasteiger partial charge in [-0.05, 0) is 17.7 Å². The second-order valence-electron chi connectivity index (χ2n) is 2.79. The van der Waals surface area contributed by atoms with E-state index in [4.69, 9.17) is 9.47 Å². The Morgan fingerprint density at radius 2 is 1.93 bits per heavy atom. The highest BCUT2D eigenvalue weighted by Crippen LogP contribution is 2.29. The standard InChI is InChI=1S/C11H14O3/c1-4-9(12)8-5-6-10(13-2)11(7-8)14-3/h4-7,9,12H,1H2,2-3H3/t9-/m1/s1. The maximum Gasteiger partial charge on any atom is 0.161 e. The highest BCUT2D eigenvalue weighted by molar-refractivity contribution is 5.44. The molecule has 0 aliphatic carbocycles. The molecular weight excluding hydrogens is 180 g/mol. The Bertz CT molecular complexity index is 320. The summed E-state index contributed by atoms with van der Waals surface area (Å²) < 4.78 is 10.2. The number of ether oxygens (including phenoxy) is 2. The van der Waals surface area contributed by atoms with Crippen molar-refractivity contribution in [3.63, 3.8) is 0 Å². The van der Waals surface area contributed by atoms with E-state index >= 15 is 0 Å². The average molecular weight is 194 g/mol. The van der Waals surface area contributed by atoms with Crippen LogP contribution in [0.5, 0.6) is 11.5 Å². The molecule has 0 aliphatic rings. The van der Waals surface area contributed by atoms with Crippen LogP contribution in [-0.4, -0.2) is 19.3 Å². The van der Waals surface area contributed by atoms with Crippen molar-refractivity contribution in [2.24, 2.45) is 0 Å². The third kappa shape index (κ3) is 2.06. The van der Waals surface area contributed by atoms with Crippen LogP contribution in [0.4, 0.5) is 0 Å². The van der Waals surface area contributed by atoms with E-state index in [1.807, 2.05) is 0 Å². The molecule has 1 rings (SSSR count). The predicted molar refractivity (Wildman–Crippen MR) is 54.7 cm³/mol. The topological polar surface area (TPSA) is 38.7 Å². The van der Waals surface area contributed by atoms with Crippen molar-refractivity contribution in [3.8, 4) is 11.5 Å². The van der Waals surface area contributed by atoms with Gasteiger partial charge in [-0.25, -0.2) is 0 Å². The van der Waals surface area contributed by atoms with Crippen LogP contribution in [0.15, 0.2) is 30.9 Å². The zero-order valence-corrected chi connectivity index (χ0v) is 8.36. The fourth-order valence-electron chi connectivity index (χ4n) is 1.17. The molecule has 14 heavy (non-hydrogen) atoms. The van der Waals surface area contributed by atoms with Crippen LogP contribution >= 0.6 is 0 Å². The van der Waals surface area contributed by atoms with Gasteiger partial charge >= 0.3 is 0 Å². The minimum atomic E-state index is -0.671. The van der Waals surface area contributed by atoms with Crippen LogP contribution in [0, 0.1) is 0 Å². The fraction of sp³-hybridized carbons (Fsp3) is 0.273. The number of methoxy groups -OCH3 is 2. The van der Waals surface area contributed by atoms with E-state index in [2.05, 4.69) is 6.58 Å². The largest absolute Gasteiger partial charge is 0.493 e. The minimum Gasteiger partial charge on any atom is -0.493 e. The van der Waals surface area contributed by atoms with Gasteiger partial charge in [0.25, 0.3) is 0 Å². The monoisotopic (exact) mass is 194 g/mol. The molecular formula is C11H14O3. The lowest BCUT2D eigenvalue weighted by molar-refractivity contribution is 0.228. The number of rotatable bonds is 4. The van der Waals surface area contributed by atoms with Crippen molar-refractivity contribution in [1.29, 1.82) is 0 Å². The Hall–Kier alpha value is -1.48. The minimum absolute atomic E-state index is 0.603. The molecule has 0 aliphatic heterocycles. The van der Waals surface area contributed by atoms with Crippen molar-refractivity contribution in [1.82, 2.24) is 0 Å². The Balaban J connectivity index is 3.06. The van der Waals surface area contributed by atoms with Gasteiger partial charge in [0.15, 0.2) is 11.5 Å².